The van der Waals surface area contributed by atoms with E-state index < -0.39 is 11.7 Å². The minimum atomic E-state index is -4.37. The van der Waals surface area contributed by atoms with Crippen molar-refractivity contribution in [3.05, 3.63) is 46.5 Å². The van der Waals surface area contributed by atoms with Crippen LogP contribution in [0.1, 0.15) is 22.4 Å². The van der Waals surface area contributed by atoms with Gasteiger partial charge in [0, 0.05) is 31.1 Å². The summed E-state index contributed by atoms with van der Waals surface area (Å²) in [4.78, 5) is 16.7. The standard InChI is InChI=1S/C16H18F3N3O2S/c1-24-12(8-20)7-14(23)22-15-21-9-13(25-15)6-10-3-2-4-11(5-10)16(17,18)19/h2-5,9,12H,6-8,20H2,1H3,(H,21,22,23). The predicted octanol–water partition coefficient (Wildman–Crippen LogP) is 3.06. The molecule has 25 heavy (non-hydrogen) atoms. The molecule has 1 atom stereocenters. The fraction of sp³-hybridized carbons (Fsp3) is 0.375. The minimum absolute atomic E-state index is 0.107. The molecule has 0 aliphatic carbocycles. The highest BCUT2D eigenvalue weighted by molar-refractivity contribution is 7.15. The zero-order valence-electron chi connectivity index (χ0n) is 13.5. The van der Waals surface area contributed by atoms with Crippen LogP contribution in [0.15, 0.2) is 30.5 Å². The maximum atomic E-state index is 12.7. The number of anilines is 1. The van der Waals surface area contributed by atoms with Gasteiger partial charge in [-0.2, -0.15) is 13.2 Å². The third kappa shape index (κ3) is 5.80. The summed E-state index contributed by atoms with van der Waals surface area (Å²) in [7, 11) is 1.47. The number of nitrogens with two attached hydrogens (primary N) is 1. The van der Waals surface area contributed by atoms with Crippen LogP contribution in [0.5, 0.6) is 0 Å². The first-order chi connectivity index (χ1) is 11.8. The Balaban J connectivity index is 1.99. The van der Waals surface area contributed by atoms with Crippen molar-refractivity contribution in [1.29, 1.82) is 0 Å². The fourth-order valence-electron chi connectivity index (χ4n) is 2.15. The first-order valence-electron chi connectivity index (χ1n) is 7.45. The molecule has 0 fully saturated rings. The molecule has 0 spiro atoms. The molecule has 0 saturated carbocycles. The lowest BCUT2D eigenvalue weighted by Gasteiger charge is -2.11. The molecule has 9 heteroatoms. The van der Waals surface area contributed by atoms with Crippen molar-refractivity contribution >= 4 is 22.4 Å². The van der Waals surface area contributed by atoms with E-state index in [1.54, 1.807) is 6.07 Å². The molecular formula is C16H18F3N3O2S. The highest BCUT2D eigenvalue weighted by atomic mass is 32.1. The van der Waals surface area contributed by atoms with Gasteiger partial charge in [-0.3, -0.25) is 4.79 Å². The Morgan fingerprint density at radius 3 is 2.84 bits per heavy atom. The minimum Gasteiger partial charge on any atom is -0.380 e. The largest absolute Gasteiger partial charge is 0.416 e. The molecule has 1 unspecified atom stereocenters. The lowest BCUT2D eigenvalue weighted by atomic mass is 10.1. The van der Waals surface area contributed by atoms with Crippen LogP contribution in [0.3, 0.4) is 0 Å². The van der Waals surface area contributed by atoms with Crippen molar-refractivity contribution in [3.8, 4) is 0 Å². The topological polar surface area (TPSA) is 77.2 Å². The number of carbonyl (C=O) groups is 1. The Hall–Kier alpha value is -1.97. The van der Waals surface area contributed by atoms with Crippen LogP contribution in [-0.2, 0) is 22.1 Å². The van der Waals surface area contributed by atoms with Gasteiger partial charge in [0.2, 0.25) is 5.91 Å². The molecule has 1 aromatic carbocycles. The first kappa shape index (κ1) is 19.4. The van der Waals surface area contributed by atoms with Gasteiger partial charge in [-0.15, -0.1) is 11.3 Å². The van der Waals surface area contributed by atoms with Gasteiger partial charge in [0.05, 0.1) is 18.1 Å². The van der Waals surface area contributed by atoms with E-state index in [4.69, 9.17) is 10.5 Å². The van der Waals surface area contributed by atoms with E-state index in [9.17, 15) is 18.0 Å². The molecule has 0 bridgehead atoms. The van der Waals surface area contributed by atoms with Crippen LogP contribution < -0.4 is 11.1 Å². The second kappa shape index (κ2) is 8.41. The third-order valence-electron chi connectivity index (χ3n) is 3.44. The van der Waals surface area contributed by atoms with Gasteiger partial charge in [0.25, 0.3) is 0 Å². The van der Waals surface area contributed by atoms with E-state index in [0.717, 1.165) is 17.0 Å². The maximum absolute atomic E-state index is 12.7. The zero-order chi connectivity index (χ0) is 18.4. The van der Waals surface area contributed by atoms with Crippen LogP contribution in [0.2, 0.25) is 0 Å². The summed E-state index contributed by atoms with van der Waals surface area (Å²) < 4.78 is 43.3. The molecule has 0 saturated heterocycles. The molecule has 2 aromatic rings. The van der Waals surface area contributed by atoms with Gasteiger partial charge in [-0.25, -0.2) is 4.98 Å². The summed E-state index contributed by atoms with van der Waals surface area (Å²) in [5.74, 6) is -0.280. The quantitative estimate of drug-likeness (QED) is 0.782. The number of thiazole rings is 1. The number of ether oxygens (including phenoxy) is 1. The van der Waals surface area contributed by atoms with Gasteiger partial charge in [-0.1, -0.05) is 18.2 Å². The number of hydrogen-bond acceptors (Lipinski definition) is 5. The van der Waals surface area contributed by atoms with Crippen LogP contribution in [0.4, 0.5) is 18.3 Å². The van der Waals surface area contributed by atoms with E-state index in [1.807, 2.05) is 0 Å². The SMILES string of the molecule is COC(CN)CC(=O)Nc1ncc(Cc2cccc(C(F)(F)F)c2)s1. The Bertz CT molecular complexity index is 715. The van der Waals surface area contributed by atoms with Crippen LogP contribution >= 0.6 is 11.3 Å². The van der Waals surface area contributed by atoms with E-state index in [-0.39, 0.29) is 25.0 Å². The molecule has 2 rings (SSSR count). The Labute approximate surface area is 147 Å². The Kier molecular flexibility index (Phi) is 6.51. The van der Waals surface area contributed by atoms with Gasteiger partial charge in [-0.05, 0) is 11.6 Å². The van der Waals surface area contributed by atoms with E-state index >= 15 is 0 Å². The monoisotopic (exact) mass is 373 g/mol. The molecule has 1 aromatic heterocycles. The summed E-state index contributed by atoms with van der Waals surface area (Å²) in [5, 5.41) is 3.02. The van der Waals surface area contributed by atoms with Crippen molar-refractivity contribution in [1.82, 2.24) is 4.98 Å². The summed E-state index contributed by atoms with van der Waals surface area (Å²) >= 11 is 1.22. The highest BCUT2D eigenvalue weighted by Gasteiger charge is 2.30. The zero-order valence-corrected chi connectivity index (χ0v) is 14.3. The van der Waals surface area contributed by atoms with Crippen LogP contribution in [0, 0.1) is 0 Å². The van der Waals surface area contributed by atoms with Gasteiger partial charge >= 0.3 is 6.18 Å². The van der Waals surface area contributed by atoms with Crippen molar-refractivity contribution < 1.29 is 22.7 Å². The third-order valence-corrected chi connectivity index (χ3v) is 4.35. The number of alkyl halides is 3. The number of aromatic nitrogens is 1. The van der Waals surface area contributed by atoms with E-state index in [1.165, 1.54) is 30.7 Å². The van der Waals surface area contributed by atoms with Crippen LogP contribution in [0.25, 0.3) is 0 Å². The predicted molar refractivity (Wildman–Crippen MR) is 89.5 cm³/mol. The summed E-state index contributed by atoms with van der Waals surface area (Å²) in [6.07, 6.45) is -2.79. The number of hydrogen-bond donors (Lipinski definition) is 2. The van der Waals surface area contributed by atoms with Crippen molar-refractivity contribution in [3.63, 3.8) is 0 Å². The number of methoxy groups -OCH3 is 1. The number of rotatable bonds is 7. The lowest BCUT2D eigenvalue weighted by molar-refractivity contribution is -0.137. The van der Waals surface area contributed by atoms with Gasteiger partial charge < -0.3 is 15.8 Å². The molecule has 1 amide bonds. The summed E-state index contributed by atoms with van der Waals surface area (Å²) in [5.41, 5.74) is 5.30. The molecule has 0 radical (unpaired) electrons. The second-order valence-electron chi connectivity index (χ2n) is 5.35. The first-order valence-corrected chi connectivity index (χ1v) is 8.27. The van der Waals surface area contributed by atoms with Gasteiger partial charge in [0.15, 0.2) is 5.13 Å². The van der Waals surface area contributed by atoms with Gasteiger partial charge in [0.1, 0.15) is 0 Å². The number of nitrogens with zero attached hydrogens (tertiary/aromatic N) is 1. The maximum Gasteiger partial charge on any atom is 0.416 e. The summed E-state index contributed by atoms with van der Waals surface area (Å²) in [6, 6.07) is 5.14. The van der Waals surface area contributed by atoms with Crippen molar-refractivity contribution in [2.75, 3.05) is 19.0 Å². The van der Waals surface area contributed by atoms with Crippen molar-refractivity contribution in [2.45, 2.75) is 25.1 Å². The second-order valence-corrected chi connectivity index (χ2v) is 6.47. The Morgan fingerprint density at radius 1 is 1.44 bits per heavy atom. The number of nitrogens with one attached hydrogen (secondary N) is 1. The Morgan fingerprint density at radius 2 is 2.20 bits per heavy atom. The average molecular weight is 373 g/mol. The molecule has 136 valence electrons. The normalized spacial score (nSPS) is 12.8. The lowest BCUT2D eigenvalue weighted by Crippen LogP contribution is -2.28. The molecular weight excluding hydrogens is 355 g/mol. The number of carbonyl (C=O) groups excluding carboxylic acids is 1. The number of amides is 1. The molecule has 5 nitrogen and oxygen atoms in total. The number of halogens is 3. The van der Waals surface area contributed by atoms with Crippen molar-refractivity contribution in [2.24, 2.45) is 5.73 Å². The van der Waals surface area contributed by atoms with E-state index in [2.05, 4.69) is 10.3 Å². The van der Waals surface area contributed by atoms with E-state index in [0.29, 0.717) is 17.1 Å². The molecule has 1 heterocycles. The smallest absolute Gasteiger partial charge is 0.380 e. The number of benzene rings is 1. The highest BCUT2D eigenvalue weighted by Crippen LogP contribution is 2.30. The summed E-state index contributed by atoms with van der Waals surface area (Å²) in [6.45, 7) is 0.225. The fourth-order valence-corrected chi connectivity index (χ4v) is 3.01. The molecule has 0 aliphatic rings. The van der Waals surface area contributed by atoms with Crippen LogP contribution in [-0.4, -0.2) is 30.6 Å². The molecule has 0 aliphatic heterocycles. The average Bonchev–Trinajstić information content (AvgIpc) is 2.98. The molecule has 3 N–H and O–H groups in total.